The summed E-state index contributed by atoms with van der Waals surface area (Å²) in [4.78, 5) is 26.0. The van der Waals surface area contributed by atoms with Crippen molar-refractivity contribution >= 4 is 5.91 Å². The largest absolute Gasteiger partial charge is 0.379 e. The smallest absolute Gasteiger partial charge is 0.257 e. The summed E-state index contributed by atoms with van der Waals surface area (Å²) in [6, 6.07) is 0.430. The van der Waals surface area contributed by atoms with E-state index in [-0.39, 0.29) is 5.91 Å². The number of nitrogens with zero attached hydrogens (tertiary/aromatic N) is 4. The van der Waals surface area contributed by atoms with Gasteiger partial charge in [0.25, 0.3) is 5.91 Å². The topological polar surface area (TPSA) is 58.6 Å². The van der Waals surface area contributed by atoms with E-state index in [2.05, 4.69) is 21.8 Å². The van der Waals surface area contributed by atoms with Crippen LogP contribution in [0.1, 0.15) is 35.7 Å². The van der Waals surface area contributed by atoms with Gasteiger partial charge in [-0.05, 0) is 19.3 Å². The second-order valence-corrected chi connectivity index (χ2v) is 6.53. The molecule has 3 heterocycles. The average molecular weight is 318 g/mol. The van der Waals surface area contributed by atoms with E-state index in [0.717, 1.165) is 57.3 Å². The first-order valence-electron chi connectivity index (χ1n) is 8.53. The first kappa shape index (κ1) is 16.3. The maximum Gasteiger partial charge on any atom is 0.257 e. The third-order valence-corrected chi connectivity index (χ3v) is 4.93. The number of amides is 1. The molecule has 2 aliphatic rings. The summed E-state index contributed by atoms with van der Waals surface area (Å²) in [7, 11) is 0. The van der Waals surface area contributed by atoms with Crippen LogP contribution in [-0.4, -0.2) is 71.1 Å². The molecule has 0 saturated carbocycles. The lowest BCUT2D eigenvalue weighted by molar-refractivity contribution is 0.0119. The first-order valence-corrected chi connectivity index (χ1v) is 8.53. The first-order chi connectivity index (χ1) is 11.1. The van der Waals surface area contributed by atoms with Gasteiger partial charge in [-0.3, -0.25) is 9.69 Å². The molecule has 2 fully saturated rings. The van der Waals surface area contributed by atoms with Gasteiger partial charge in [0.2, 0.25) is 0 Å². The van der Waals surface area contributed by atoms with E-state index in [0.29, 0.717) is 17.5 Å². The van der Waals surface area contributed by atoms with E-state index >= 15 is 0 Å². The highest BCUT2D eigenvalue weighted by molar-refractivity contribution is 5.95. The van der Waals surface area contributed by atoms with Crippen LogP contribution in [0.3, 0.4) is 0 Å². The number of aromatic nitrogens is 2. The zero-order valence-corrected chi connectivity index (χ0v) is 14.3. The number of carbonyl (C=O) groups is 1. The SMILES string of the molecule is CCc1nc(C)ncc1C(=O)N1C[C@@H](N2CCOCC2)[C@@H](C)C1. The molecule has 0 aliphatic carbocycles. The lowest BCUT2D eigenvalue weighted by Crippen LogP contribution is -2.47. The maximum atomic E-state index is 12.9. The summed E-state index contributed by atoms with van der Waals surface area (Å²) in [6.07, 6.45) is 2.44. The van der Waals surface area contributed by atoms with Gasteiger partial charge >= 0.3 is 0 Å². The quantitative estimate of drug-likeness (QED) is 0.836. The zero-order valence-electron chi connectivity index (χ0n) is 14.3. The van der Waals surface area contributed by atoms with Crippen molar-refractivity contribution in [3.63, 3.8) is 0 Å². The van der Waals surface area contributed by atoms with Crippen molar-refractivity contribution in [2.45, 2.75) is 33.2 Å². The summed E-state index contributed by atoms with van der Waals surface area (Å²) < 4.78 is 5.44. The Morgan fingerprint density at radius 1 is 1.35 bits per heavy atom. The molecule has 0 unspecified atom stereocenters. The number of carbonyl (C=O) groups excluding carboxylic acids is 1. The summed E-state index contributed by atoms with van der Waals surface area (Å²) in [5.41, 5.74) is 1.51. The Bertz CT molecular complexity index is 572. The van der Waals surface area contributed by atoms with Crippen molar-refractivity contribution in [1.29, 1.82) is 0 Å². The maximum absolute atomic E-state index is 12.9. The van der Waals surface area contributed by atoms with Gasteiger partial charge in [0.05, 0.1) is 24.5 Å². The van der Waals surface area contributed by atoms with Gasteiger partial charge in [0, 0.05) is 38.4 Å². The van der Waals surface area contributed by atoms with E-state index in [1.54, 1.807) is 6.20 Å². The standard InChI is InChI=1S/C17H26N4O2/c1-4-15-14(9-18-13(3)19-15)17(22)21-10-12(2)16(11-21)20-5-7-23-8-6-20/h9,12,16H,4-8,10-11H2,1-3H3/t12-,16+/m0/s1. The highest BCUT2D eigenvalue weighted by Crippen LogP contribution is 2.24. The van der Waals surface area contributed by atoms with Crippen molar-refractivity contribution < 1.29 is 9.53 Å². The van der Waals surface area contributed by atoms with Crippen LogP contribution in [0.4, 0.5) is 0 Å². The molecule has 1 aromatic heterocycles. The molecule has 0 bridgehead atoms. The van der Waals surface area contributed by atoms with Crippen molar-refractivity contribution in [1.82, 2.24) is 19.8 Å². The van der Waals surface area contributed by atoms with Crippen LogP contribution in [0.2, 0.25) is 0 Å². The summed E-state index contributed by atoms with van der Waals surface area (Å²) >= 11 is 0. The fraction of sp³-hybridized carbons (Fsp3) is 0.706. The Balaban J connectivity index is 1.73. The van der Waals surface area contributed by atoms with Crippen LogP contribution in [0, 0.1) is 12.8 Å². The number of rotatable bonds is 3. The van der Waals surface area contributed by atoms with E-state index < -0.39 is 0 Å². The Morgan fingerprint density at radius 3 is 2.78 bits per heavy atom. The van der Waals surface area contributed by atoms with E-state index in [4.69, 9.17) is 4.74 Å². The molecule has 2 saturated heterocycles. The third-order valence-electron chi connectivity index (χ3n) is 4.93. The summed E-state index contributed by atoms with van der Waals surface area (Å²) in [6.45, 7) is 11.2. The molecule has 6 nitrogen and oxygen atoms in total. The molecule has 0 spiro atoms. The van der Waals surface area contributed by atoms with Crippen LogP contribution >= 0.6 is 0 Å². The molecule has 6 heteroatoms. The van der Waals surface area contributed by atoms with E-state index in [1.807, 2.05) is 18.7 Å². The number of hydrogen-bond acceptors (Lipinski definition) is 5. The Kier molecular flexibility index (Phi) is 4.92. The van der Waals surface area contributed by atoms with E-state index in [9.17, 15) is 4.79 Å². The molecule has 2 aliphatic heterocycles. The van der Waals surface area contributed by atoms with Gasteiger partial charge in [-0.25, -0.2) is 9.97 Å². The highest BCUT2D eigenvalue weighted by Gasteiger charge is 2.37. The monoisotopic (exact) mass is 318 g/mol. The van der Waals surface area contributed by atoms with Gasteiger partial charge in [-0.15, -0.1) is 0 Å². The van der Waals surface area contributed by atoms with Gasteiger partial charge in [0.15, 0.2) is 0 Å². The molecule has 1 amide bonds. The van der Waals surface area contributed by atoms with Gasteiger partial charge < -0.3 is 9.64 Å². The molecular weight excluding hydrogens is 292 g/mol. The van der Waals surface area contributed by atoms with Crippen LogP contribution in [0.25, 0.3) is 0 Å². The Morgan fingerprint density at radius 2 is 2.09 bits per heavy atom. The van der Waals surface area contributed by atoms with Gasteiger partial charge in [-0.1, -0.05) is 13.8 Å². The fourth-order valence-corrected chi connectivity index (χ4v) is 3.64. The highest BCUT2D eigenvalue weighted by atomic mass is 16.5. The molecule has 3 rings (SSSR count). The van der Waals surface area contributed by atoms with Gasteiger partial charge in [-0.2, -0.15) is 0 Å². The molecule has 0 aromatic carbocycles. The van der Waals surface area contributed by atoms with Crippen LogP contribution in [0.15, 0.2) is 6.20 Å². The molecule has 0 N–H and O–H groups in total. The third kappa shape index (κ3) is 3.38. The number of morpholine rings is 1. The summed E-state index contributed by atoms with van der Waals surface area (Å²) in [5, 5.41) is 0. The van der Waals surface area contributed by atoms with Crippen molar-refractivity contribution in [3.8, 4) is 0 Å². The van der Waals surface area contributed by atoms with Gasteiger partial charge in [0.1, 0.15) is 5.82 Å². The van der Waals surface area contributed by atoms with Crippen LogP contribution in [-0.2, 0) is 11.2 Å². The molecule has 126 valence electrons. The van der Waals surface area contributed by atoms with Crippen LogP contribution in [0.5, 0.6) is 0 Å². The Labute approximate surface area is 137 Å². The minimum Gasteiger partial charge on any atom is -0.379 e. The molecule has 23 heavy (non-hydrogen) atoms. The number of hydrogen-bond donors (Lipinski definition) is 0. The lowest BCUT2D eigenvalue weighted by Gasteiger charge is -2.34. The molecule has 0 radical (unpaired) electrons. The average Bonchev–Trinajstić information content (AvgIpc) is 2.96. The molecular formula is C17H26N4O2. The zero-order chi connectivity index (χ0) is 16.4. The van der Waals surface area contributed by atoms with Crippen LogP contribution < -0.4 is 0 Å². The molecule has 2 atom stereocenters. The summed E-state index contributed by atoms with van der Waals surface area (Å²) in [5.74, 6) is 1.28. The number of likely N-dealkylation sites (tertiary alicyclic amines) is 1. The predicted molar refractivity (Wildman–Crippen MR) is 87.4 cm³/mol. The minimum absolute atomic E-state index is 0.0736. The van der Waals surface area contributed by atoms with Crippen molar-refractivity contribution in [2.24, 2.45) is 5.92 Å². The normalized spacial score (nSPS) is 25.8. The minimum atomic E-state index is 0.0736. The van der Waals surface area contributed by atoms with Crippen molar-refractivity contribution in [3.05, 3.63) is 23.3 Å². The number of aryl methyl sites for hydroxylation is 2. The molecule has 1 aromatic rings. The second-order valence-electron chi connectivity index (χ2n) is 6.53. The lowest BCUT2D eigenvalue weighted by atomic mass is 10.0. The predicted octanol–water partition coefficient (Wildman–Crippen LogP) is 1.14. The van der Waals surface area contributed by atoms with Crippen molar-refractivity contribution in [2.75, 3.05) is 39.4 Å². The number of ether oxygens (including phenoxy) is 1. The fourth-order valence-electron chi connectivity index (χ4n) is 3.64. The van der Waals surface area contributed by atoms with E-state index in [1.165, 1.54) is 0 Å². The second kappa shape index (κ2) is 6.93. The Hall–Kier alpha value is -1.53.